The molecule has 7 nitrogen and oxygen atoms in total. The van der Waals surface area contributed by atoms with Gasteiger partial charge in [0.15, 0.2) is 0 Å². The van der Waals surface area contributed by atoms with Gasteiger partial charge in [0.05, 0.1) is 6.07 Å². The summed E-state index contributed by atoms with van der Waals surface area (Å²) in [6.45, 7) is 2.83. The van der Waals surface area contributed by atoms with E-state index in [9.17, 15) is 18.8 Å². The van der Waals surface area contributed by atoms with E-state index in [1.807, 2.05) is 6.07 Å². The Bertz CT molecular complexity index is 687. The molecular formula is C17H21FN4O3. The van der Waals surface area contributed by atoms with Gasteiger partial charge in [0.2, 0.25) is 17.7 Å². The van der Waals surface area contributed by atoms with Crippen molar-refractivity contribution in [2.24, 2.45) is 11.7 Å². The van der Waals surface area contributed by atoms with Gasteiger partial charge >= 0.3 is 0 Å². The van der Waals surface area contributed by atoms with Crippen molar-refractivity contribution in [3.05, 3.63) is 35.6 Å². The molecule has 0 heterocycles. The normalized spacial score (nSPS) is 13.8. The fourth-order valence-corrected chi connectivity index (χ4v) is 2.35. The molecule has 0 saturated carbocycles. The zero-order chi connectivity index (χ0) is 19.0. The second kappa shape index (κ2) is 9.37. The molecule has 0 unspecified atom stereocenters. The van der Waals surface area contributed by atoms with Crippen molar-refractivity contribution in [3.63, 3.8) is 0 Å². The number of nitrogens with one attached hydrogen (secondary N) is 2. The number of nitrogens with zero attached hydrogens (tertiary/aromatic N) is 1. The summed E-state index contributed by atoms with van der Waals surface area (Å²) >= 11 is 0. The lowest BCUT2D eigenvalue weighted by Gasteiger charge is -2.24. The van der Waals surface area contributed by atoms with Gasteiger partial charge in [0.25, 0.3) is 0 Å². The summed E-state index contributed by atoms with van der Waals surface area (Å²) in [5.74, 6) is -2.94. The number of carbonyl (C=O) groups is 3. The maximum atomic E-state index is 13.8. The summed E-state index contributed by atoms with van der Waals surface area (Å²) in [5.41, 5.74) is 5.53. The van der Waals surface area contributed by atoms with Crippen LogP contribution in [0.5, 0.6) is 0 Å². The summed E-state index contributed by atoms with van der Waals surface area (Å²) in [4.78, 5) is 35.4. The molecule has 25 heavy (non-hydrogen) atoms. The first kappa shape index (κ1) is 20.1. The van der Waals surface area contributed by atoms with Crippen LogP contribution in [-0.2, 0) is 20.8 Å². The smallest absolute Gasteiger partial charge is 0.243 e. The number of carbonyl (C=O) groups excluding carboxylic acids is 3. The summed E-state index contributed by atoms with van der Waals surface area (Å²) in [6.07, 6.45) is -0.0673. The Morgan fingerprint density at radius 1 is 1.28 bits per heavy atom. The highest BCUT2D eigenvalue weighted by molar-refractivity contribution is 5.91. The van der Waals surface area contributed by atoms with Crippen LogP contribution in [0.1, 0.15) is 25.8 Å². The van der Waals surface area contributed by atoms with Gasteiger partial charge in [-0.15, -0.1) is 0 Å². The van der Waals surface area contributed by atoms with Crippen molar-refractivity contribution in [2.45, 2.75) is 38.8 Å². The van der Waals surface area contributed by atoms with Crippen LogP contribution in [-0.4, -0.2) is 29.8 Å². The minimum Gasteiger partial charge on any atom is -0.368 e. The van der Waals surface area contributed by atoms with Crippen LogP contribution >= 0.6 is 0 Å². The molecule has 0 saturated heterocycles. The molecule has 1 rings (SSSR count). The van der Waals surface area contributed by atoms with Gasteiger partial charge in [0, 0.05) is 19.8 Å². The first-order valence-electron chi connectivity index (χ1n) is 7.73. The Hall–Kier alpha value is -2.95. The summed E-state index contributed by atoms with van der Waals surface area (Å²) < 4.78 is 13.8. The average molecular weight is 348 g/mol. The number of hydrogen-bond donors (Lipinski definition) is 3. The molecule has 8 heteroatoms. The third-order valence-corrected chi connectivity index (χ3v) is 3.66. The van der Waals surface area contributed by atoms with Crippen molar-refractivity contribution in [2.75, 3.05) is 0 Å². The predicted octanol–water partition coefficient (Wildman–Crippen LogP) is 0.393. The minimum atomic E-state index is -1.08. The highest BCUT2D eigenvalue weighted by Crippen LogP contribution is 2.11. The first-order valence-corrected chi connectivity index (χ1v) is 7.73. The lowest BCUT2D eigenvalue weighted by atomic mass is 9.97. The lowest BCUT2D eigenvalue weighted by Crippen LogP contribution is -2.55. The van der Waals surface area contributed by atoms with E-state index in [1.54, 1.807) is 13.0 Å². The molecule has 0 bridgehead atoms. The predicted molar refractivity (Wildman–Crippen MR) is 88.2 cm³/mol. The molecule has 0 radical (unpaired) electrons. The molecule has 3 atom stereocenters. The second-order valence-corrected chi connectivity index (χ2v) is 5.78. The van der Waals surface area contributed by atoms with Crippen molar-refractivity contribution in [3.8, 4) is 6.07 Å². The van der Waals surface area contributed by atoms with Gasteiger partial charge in [-0.25, -0.2) is 4.39 Å². The molecular weight excluding hydrogens is 327 g/mol. The number of nitriles is 1. The maximum Gasteiger partial charge on any atom is 0.243 e. The number of nitrogens with two attached hydrogens (primary N) is 1. The molecule has 0 aromatic heterocycles. The van der Waals surface area contributed by atoms with E-state index in [4.69, 9.17) is 11.0 Å². The Kier molecular flexibility index (Phi) is 7.53. The van der Waals surface area contributed by atoms with E-state index in [1.165, 1.54) is 25.1 Å². The summed E-state index contributed by atoms with van der Waals surface area (Å²) in [6, 6.07) is 5.64. The Balaban J connectivity index is 2.96. The van der Waals surface area contributed by atoms with Gasteiger partial charge < -0.3 is 16.4 Å². The van der Waals surface area contributed by atoms with E-state index >= 15 is 0 Å². The second-order valence-electron chi connectivity index (χ2n) is 5.78. The number of primary amides is 1. The van der Waals surface area contributed by atoms with Crippen LogP contribution in [0.25, 0.3) is 0 Å². The van der Waals surface area contributed by atoms with Gasteiger partial charge in [-0.05, 0) is 17.5 Å². The minimum absolute atomic E-state index is 0.0198. The number of amides is 3. The van der Waals surface area contributed by atoms with E-state index in [2.05, 4.69) is 10.6 Å². The highest BCUT2D eigenvalue weighted by Gasteiger charge is 2.29. The Labute approximate surface area is 145 Å². The molecule has 4 N–H and O–H groups in total. The topological polar surface area (TPSA) is 125 Å². The van der Waals surface area contributed by atoms with Crippen molar-refractivity contribution < 1.29 is 18.8 Å². The standard InChI is InChI=1S/C17H21FN4O3/c1-10(7-8-19)15(16(20)24)22-17(25)14(21-11(2)23)9-12-5-3-4-6-13(12)18/h3-6,10,14-15H,7,9H2,1-2H3,(H2,20,24)(H,21,23)(H,22,25)/t10-,14+,15+/m0/s1. The quantitative estimate of drug-likeness (QED) is 0.628. The van der Waals surface area contributed by atoms with E-state index in [0.717, 1.165) is 0 Å². The van der Waals surface area contributed by atoms with Gasteiger partial charge in [-0.2, -0.15) is 5.26 Å². The average Bonchev–Trinajstić information content (AvgIpc) is 2.53. The van der Waals surface area contributed by atoms with Crippen LogP contribution in [0.3, 0.4) is 0 Å². The molecule has 134 valence electrons. The number of halogens is 1. The van der Waals surface area contributed by atoms with Crippen LogP contribution < -0.4 is 16.4 Å². The summed E-state index contributed by atoms with van der Waals surface area (Å²) in [7, 11) is 0. The van der Waals surface area contributed by atoms with Crippen LogP contribution in [0.15, 0.2) is 24.3 Å². The number of hydrogen-bond acceptors (Lipinski definition) is 4. The Morgan fingerprint density at radius 3 is 2.44 bits per heavy atom. The third kappa shape index (κ3) is 6.22. The molecule has 0 aliphatic carbocycles. The molecule has 3 amide bonds. The first-order chi connectivity index (χ1) is 11.8. The SMILES string of the molecule is CC(=O)N[C@H](Cc1ccccc1F)C(=O)N[C@@H](C(N)=O)[C@@H](C)CC#N. The van der Waals surface area contributed by atoms with Crippen LogP contribution in [0, 0.1) is 23.1 Å². The third-order valence-electron chi connectivity index (χ3n) is 3.66. The van der Waals surface area contributed by atoms with Gasteiger partial charge in [0.1, 0.15) is 17.9 Å². The molecule has 0 spiro atoms. The number of rotatable bonds is 8. The van der Waals surface area contributed by atoms with Crippen molar-refractivity contribution >= 4 is 17.7 Å². The van der Waals surface area contributed by atoms with E-state index in [-0.39, 0.29) is 18.4 Å². The monoisotopic (exact) mass is 348 g/mol. The van der Waals surface area contributed by atoms with E-state index in [0.29, 0.717) is 0 Å². The number of benzene rings is 1. The van der Waals surface area contributed by atoms with Crippen molar-refractivity contribution in [1.29, 1.82) is 5.26 Å². The van der Waals surface area contributed by atoms with E-state index < -0.39 is 41.5 Å². The zero-order valence-corrected chi connectivity index (χ0v) is 14.1. The molecule has 1 aromatic rings. The highest BCUT2D eigenvalue weighted by atomic mass is 19.1. The van der Waals surface area contributed by atoms with Gasteiger partial charge in [-0.3, -0.25) is 14.4 Å². The largest absolute Gasteiger partial charge is 0.368 e. The fraction of sp³-hybridized carbons (Fsp3) is 0.412. The van der Waals surface area contributed by atoms with Crippen LogP contribution in [0.4, 0.5) is 4.39 Å². The van der Waals surface area contributed by atoms with Crippen LogP contribution in [0.2, 0.25) is 0 Å². The maximum absolute atomic E-state index is 13.8. The molecule has 0 aliphatic heterocycles. The van der Waals surface area contributed by atoms with Gasteiger partial charge in [-0.1, -0.05) is 25.1 Å². The fourth-order valence-electron chi connectivity index (χ4n) is 2.35. The Morgan fingerprint density at radius 2 is 1.92 bits per heavy atom. The molecule has 0 fully saturated rings. The molecule has 1 aromatic carbocycles. The summed E-state index contributed by atoms with van der Waals surface area (Å²) in [5, 5.41) is 13.6. The molecule has 0 aliphatic rings. The lowest BCUT2D eigenvalue weighted by molar-refractivity contribution is -0.131. The zero-order valence-electron chi connectivity index (χ0n) is 14.1. The van der Waals surface area contributed by atoms with Crippen molar-refractivity contribution in [1.82, 2.24) is 10.6 Å².